The molecule has 0 unspecified atom stereocenters. The second-order valence-corrected chi connectivity index (χ2v) is 4.94. The Bertz CT molecular complexity index is 494. The molecule has 0 saturated heterocycles. The maximum atomic E-state index is 13.7. The van der Waals surface area contributed by atoms with E-state index in [1.165, 1.54) is 12.1 Å². The van der Waals surface area contributed by atoms with Gasteiger partial charge in [0.15, 0.2) is 0 Å². The van der Waals surface area contributed by atoms with Crippen LogP contribution in [0.4, 0.5) is 9.18 Å². The highest BCUT2D eigenvalue weighted by Crippen LogP contribution is 2.13. The fourth-order valence-electron chi connectivity index (χ4n) is 1.36. The van der Waals surface area contributed by atoms with E-state index in [9.17, 15) is 14.0 Å². The van der Waals surface area contributed by atoms with Crippen molar-refractivity contribution >= 4 is 12.1 Å². The lowest BCUT2D eigenvalue weighted by Crippen LogP contribution is -2.32. The number of carboxylic acids is 1. The highest BCUT2D eigenvalue weighted by Gasteiger charge is 2.17. The van der Waals surface area contributed by atoms with Gasteiger partial charge in [0, 0.05) is 12.1 Å². The van der Waals surface area contributed by atoms with E-state index in [0.717, 1.165) is 6.07 Å². The van der Waals surface area contributed by atoms with Crippen LogP contribution in [0, 0.1) is 5.82 Å². The van der Waals surface area contributed by atoms with Gasteiger partial charge in [-0.2, -0.15) is 0 Å². The van der Waals surface area contributed by atoms with Gasteiger partial charge in [-0.3, -0.25) is 0 Å². The van der Waals surface area contributed by atoms with Crippen molar-refractivity contribution in [2.45, 2.75) is 32.9 Å². The Morgan fingerprint density at radius 2 is 2.00 bits per heavy atom. The third-order valence-electron chi connectivity index (χ3n) is 2.13. The van der Waals surface area contributed by atoms with Gasteiger partial charge in [0.25, 0.3) is 0 Å². The highest BCUT2D eigenvalue weighted by atomic mass is 19.1. The number of carboxylic acid groups (broad SMARTS) is 1. The molecule has 0 saturated carbocycles. The first kappa shape index (κ1) is 14.9. The molecule has 0 aliphatic rings. The largest absolute Gasteiger partial charge is 0.478 e. The number of halogens is 1. The van der Waals surface area contributed by atoms with E-state index in [0.29, 0.717) is 0 Å². The number of alkyl carbamates (subject to hydrolysis) is 1. The SMILES string of the molecule is CC(C)(C)OC(=O)NCc1cccc(C(=O)O)c1F. The summed E-state index contributed by atoms with van der Waals surface area (Å²) in [5.74, 6) is -2.21. The van der Waals surface area contributed by atoms with Gasteiger partial charge in [-0.05, 0) is 26.8 Å². The Kier molecular flexibility index (Phi) is 4.47. The molecular weight excluding hydrogens is 253 g/mol. The van der Waals surface area contributed by atoms with Crippen LogP contribution in [0.25, 0.3) is 0 Å². The lowest BCUT2D eigenvalue weighted by atomic mass is 10.1. The second kappa shape index (κ2) is 5.69. The minimum absolute atomic E-state index is 0.0887. The molecule has 0 aromatic heterocycles. The van der Waals surface area contributed by atoms with E-state index in [1.807, 2.05) is 0 Å². The molecule has 1 aromatic rings. The van der Waals surface area contributed by atoms with Crippen LogP contribution in [0.3, 0.4) is 0 Å². The number of hydrogen-bond donors (Lipinski definition) is 2. The van der Waals surface area contributed by atoms with Gasteiger partial charge in [-0.15, -0.1) is 0 Å². The molecule has 1 amide bonds. The molecular formula is C13H16FNO4. The maximum Gasteiger partial charge on any atom is 0.407 e. The van der Waals surface area contributed by atoms with E-state index in [4.69, 9.17) is 9.84 Å². The first-order valence-electron chi connectivity index (χ1n) is 5.68. The summed E-state index contributed by atoms with van der Waals surface area (Å²) in [6, 6.07) is 3.98. The second-order valence-electron chi connectivity index (χ2n) is 4.94. The van der Waals surface area contributed by atoms with Crippen LogP contribution in [0.15, 0.2) is 18.2 Å². The molecule has 1 aromatic carbocycles. The minimum atomic E-state index is -1.35. The van der Waals surface area contributed by atoms with Crippen molar-refractivity contribution in [2.75, 3.05) is 0 Å². The number of benzene rings is 1. The molecule has 19 heavy (non-hydrogen) atoms. The molecule has 104 valence electrons. The first-order valence-corrected chi connectivity index (χ1v) is 5.68. The molecule has 0 aliphatic carbocycles. The fourth-order valence-corrected chi connectivity index (χ4v) is 1.36. The predicted molar refractivity (Wildman–Crippen MR) is 66.4 cm³/mol. The third-order valence-corrected chi connectivity index (χ3v) is 2.13. The zero-order valence-electron chi connectivity index (χ0n) is 11.0. The summed E-state index contributed by atoms with van der Waals surface area (Å²) >= 11 is 0. The van der Waals surface area contributed by atoms with Crippen LogP contribution < -0.4 is 5.32 Å². The van der Waals surface area contributed by atoms with Gasteiger partial charge in [-0.1, -0.05) is 12.1 Å². The van der Waals surface area contributed by atoms with Crippen LogP contribution in [0.2, 0.25) is 0 Å². The molecule has 0 aliphatic heterocycles. The molecule has 0 heterocycles. The lowest BCUT2D eigenvalue weighted by Gasteiger charge is -2.19. The Morgan fingerprint density at radius 1 is 1.37 bits per heavy atom. The summed E-state index contributed by atoms with van der Waals surface area (Å²) in [5, 5.41) is 11.1. The summed E-state index contributed by atoms with van der Waals surface area (Å²) < 4.78 is 18.7. The van der Waals surface area contributed by atoms with Crippen molar-refractivity contribution in [1.29, 1.82) is 0 Å². The van der Waals surface area contributed by atoms with Crippen LogP contribution in [0.5, 0.6) is 0 Å². The van der Waals surface area contributed by atoms with Crippen molar-refractivity contribution < 1.29 is 23.8 Å². The molecule has 0 atom stereocenters. The summed E-state index contributed by atoms with van der Waals surface area (Å²) in [7, 11) is 0. The number of nitrogens with one attached hydrogen (secondary N) is 1. The molecule has 0 bridgehead atoms. The van der Waals surface area contributed by atoms with E-state index < -0.39 is 29.0 Å². The number of carbonyl (C=O) groups is 2. The van der Waals surface area contributed by atoms with Gasteiger partial charge in [0.1, 0.15) is 11.4 Å². The Labute approximate surface area is 110 Å². The van der Waals surface area contributed by atoms with Crippen molar-refractivity contribution in [3.63, 3.8) is 0 Å². The topological polar surface area (TPSA) is 75.6 Å². The standard InChI is InChI=1S/C13H16FNO4/c1-13(2,3)19-12(18)15-7-8-5-4-6-9(10(8)14)11(16)17/h4-6H,7H2,1-3H3,(H,15,18)(H,16,17). The first-order chi connectivity index (χ1) is 8.70. The zero-order chi connectivity index (χ0) is 14.6. The van der Waals surface area contributed by atoms with Crippen LogP contribution in [-0.4, -0.2) is 22.8 Å². The van der Waals surface area contributed by atoms with E-state index in [2.05, 4.69) is 5.32 Å². The summed E-state index contributed by atoms with van der Waals surface area (Å²) in [6.45, 7) is 4.98. The van der Waals surface area contributed by atoms with Gasteiger partial charge in [-0.25, -0.2) is 14.0 Å². The van der Waals surface area contributed by atoms with Gasteiger partial charge in [0.05, 0.1) is 5.56 Å². The number of rotatable bonds is 3. The Morgan fingerprint density at radius 3 is 2.53 bits per heavy atom. The Balaban J connectivity index is 2.71. The predicted octanol–water partition coefficient (Wildman–Crippen LogP) is 2.55. The summed E-state index contributed by atoms with van der Waals surface area (Å²) in [4.78, 5) is 22.1. The number of amides is 1. The van der Waals surface area contributed by atoms with Crippen molar-refractivity contribution in [2.24, 2.45) is 0 Å². The molecule has 0 spiro atoms. The van der Waals surface area contributed by atoms with E-state index in [-0.39, 0.29) is 12.1 Å². The zero-order valence-corrected chi connectivity index (χ0v) is 11.0. The van der Waals surface area contributed by atoms with E-state index >= 15 is 0 Å². The van der Waals surface area contributed by atoms with Crippen molar-refractivity contribution in [3.05, 3.63) is 35.1 Å². The minimum Gasteiger partial charge on any atom is -0.478 e. The quantitative estimate of drug-likeness (QED) is 0.884. The average Bonchev–Trinajstić information content (AvgIpc) is 2.24. The summed E-state index contributed by atoms with van der Waals surface area (Å²) in [5.41, 5.74) is -0.986. The average molecular weight is 269 g/mol. The van der Waals surface area contributed by atoms with Gasteiger partial charge in [0.2, 0.25) is 0 Å². The van der Waals surface area contributed by atoms with Crippen molar-refractivity contribution in [3.8, 4) is 0 Å². The monoisotopic (exact) mass is 269 g/mol. The number of aromatic carboxylic acids is 1. The number of hydrogen-bond acceptors (Lipinski definition) is 3. The molecule has 5 nitrogen and oxygen atoms in total. The fraction of sp³-hybridized carbons (Fsp3) is 0.385. The Hall–Kier alpha value is -2.11. The highest BCUT2D eigenvalue weighted by molar-refractivity contribution is 5.88. The third kappa shape index (κ3) is 4.57. The molecule has 0 radical (unpaired) electrons. The molecule has 1 rings (SSSR count). The maximum absolute atomic E-state index is 13.7. The summed E-state index contributed by atoms with van der Waals surface area (Å²) in [6.07, 6.45) is -0.687. The molecule has 0 fully saturated rings. The van der Waals surface area contributed by atoms with Crippen LogP contribution >= 0.6 is 0 Å². The smallest absolute Gasteiger partial charge is 0.407 e. The van der Waals surface area contributed by atoms with E-state index in [1.54, 1.807) is 20.8 Å². The van der Waals surface area contributed by atoms with Crippen molar-refractivity contribution in [1.82, 2.24) is 5.32 Å². The van der Waals surface area contributed by atoms with Gasteiger partial charge >= 0.3 is 12.1 Å². The van der Waals surface area contributed by atoms with Crippen LogP contribution in [-0.2, 0) is 11.3 Å². The lowest BCUT2D eigenvalue weighted by molar-refractivity contribution is 0.0523. The normalized spacial score (nSPS) is 10.9. The molecule has 6 heteroatoms. The number of carbonyl (C=O) groups excluding carboxylic acids is 1. The van der Waals surface area contributed by atoms with Gasteiger partial charge < -0.3 is 15.2 Å². The number of ether oxygens (including phenoxy) is 1. The van der Waals surface area contributed by atoms with Crippen LogP contribution in [0.1, 0.15) is 36.7 Å². The molecule has 2 N–H and O–H groups in total.